The Balaban J connectivity index is 1.84. The van der Waals surface area contributed by atoms with Crippen LogP contribution in [0.3, 0.4) is 0 Å². The number of benzene rings is 1. The number of nitrogens with one attached hydrogen (secondary N) is 1. The number of rotatable bonds is 1. The van der Waals surface area contributed by atoms with Gasteiger partial charge in [-0.2, -0.15) is 0 Å². The molecule has 0 saturated heterocycles. The van der Waals surface area contributed by atoms with Gasteiger partial charge in [-0.1, -0.05) is 6.07 Å². The Morgan fingerprint density at radius 2 is 1.83 bits per heavy atom. The van der Waals surface area contributed by atoms with Gasteiger partial charge < -0.3 is 19.2 Å². The summed E-state index contributed by atoms with van der Waals surface area (Å²) < 4.78 is 16.3. The molecule has 23 heavy (non-hydrogen) atoms. The van der Waals surface area contributed by atoms with Gasteiger partial charge in [-0.15, -0.1) is 0 Å². The molecule has 1 aromatic carbocycles. The minimum absolute atomic E-state index is 0.124. The van der Waals surface area contributed by atoms with Crippen molar-refractivity contribution < 1.29 is 19.0 Å². The Labute approximate surface area is 132 Å². The van der Waals surface area contributed by atoms with Crippen LogP contribution in [-0.2, 0) is 4.79 Å². The minimum atomic E-state index is -0.355. The van der Waals surface area contributed by atoms with Gasteiger partial charge in [-0.05, 0) is 24.6 Å². The van der Waals surface area contributed by atoms with Gasteiger partial charge in [0, 0.05) is 17.7 Å². The minimum Gasteiger partial charge on any atom is -0.486 e. The topological polar surface area (TPSA) is 77.6 Å². The summed E-state index contributed by atoms with van der Waals surface area (Å²) in [4.78, 5) is 27.1. The number of aromatic nitrogens is 1. The number of H-pyrrole nitrogens is 1. The number of ether oxygens (including phenoxy) is 3. The second-order valence-electron chi connectivity index (χ2n) is 5.69. The molecule has 2 aliphatic heterocycles. The highest BCUT2D eigenvalue weighted by Crippen LogP contribution is 2.40. The predicted molar refractivity (Wildman–Crippen MR) is 81.3 cm³/mol. The number of pyridine rings is 1. The first-order valence-corrected chi connectivity index (χ1v) is 7.46. The van der Waals surface area contributed by atoms with Crippen LogP contribution in [0.1, 0.15) is 29.2 Å². The van der Waals surface area contributed by atoms with Crippen molar-refractivity contribution in [2.75, 3.05) is 13.2 Å². The molecule has 0 spiro atoms. The number of fused-ring (bicyclic) bond motifs is 2. The fraction of sp³-hybridized carbons (Fsp3) is 0.294. The maximum atomic E-state index is 12.4. The number of esters is 1. The number of carbonyl (C=O) groups excluding carboxylic acids is 1. The number of carbonyl (C=O) groups is 1. The van der Waals surface area contributed by atoms with E-state index in [1.807, 2.05) is 18.2 Å². The summed E-state index contributed by atoms with van der Waals surface area (Å²) in [6, 6.07) is 7.19. The van der Waals surface area contributed by atoms with E-state index in [-0.39, 0.29) is 23.9 Å². The van der Waals surface area contributed by atoms with E-state index in [1.54, 1.807) is 13.0 Å². The molecule has 1 atom stereocenters. The average Bonchev–Trinajstić information content (AvgIpc) is 2.53. The van der Waals surface area contributed by atoms with Crippen LogP contribution in [0.2, 0.25) is 0 Å². The lowest BCUT2D eigenvalue weighted by molar-refractivity contribution is -0.135. The molecule has 0 amide bonds. The molecule has 2 aliphatic rings. The number of aromatic amines is 1. The van der Waals surface area contributed by atoms with Crippen molar-refractivity contribution in [2.24, 2.45) is 0 Å². The number of hydrogen-bond donors (Lipinski definition) is 1. The zero-order chi connectivity index (χ0) is 16.0. The average molecular weight is 313 g/mol. The Kier molecular flexibility index (Phi) is 3.11. The van der Waals surface area contributed by atoms with Crippen molar-refractivity contribution in [2.45, 2.75) is 19.3 Å². The van der Waals surface area contributed by atoms with Crippen molar-refractivity contribution in [3.8, 4) is 17.2 Å². The van der Waals surface area contributed by atoms with E-state index in [0.717, 1.165) is 5.56 Å². The van der Waals surface area contributed by atoms with E-state index in [1.165, 1.54) is 0 Å². The van der Waals surface area contributed by atoms with Crippen LogP contribution in [0, 0.1) is 6.92 Å². The van der Waals surface area contributed by atoms with E-state index in [2.05, 4.69) is 4.98 Å². The van der Waals surface area contributed by atoms with E-state index in [9.17, 15) is 9.59 Å². The summed E-state index contributed by atoms with van der Waals surface area (Å²) in [5.41, 5.74) is 1.74. The Morgan fingerprint density at radius 1 is 1.04 bits per heavy atom. The molecule has 1 N–H and O–H groups in total. The quantitative estimate of drug-likeness (QED) is 0.814. The van der Waals surface area contributed by atoms with Gasteiger partial charge in [-0.25, -0.2) is 0 Å². The van der Waals surface area contributed by atoms with Crippen molar-refractivity contribution in [1.29, 1.82) is 0 Å². The molecular weight excluding hydrogens is 298 g/mol. The largest absolute Gasteiger partial charge is 0.486 e. The SMILES string of the molecule is Cc1cc2c(c(=O)[nH]1)[C@@H](c1ccc3c(c1)OCCO3)CC(=O)O2. The van der Waals surface area contributed by atoms with Gasteiger partial charge in [0.25, 0.3) is 5.56 Å². The second-order valence-corrected chi connectivity index (χ2v) is 5.69. The first-order valence-electron chi connectivity index (χ1n) is 7.46. The van der Waals surface area contributed by atoms with Crippen LogP contribution in [0.4, 0.5) is 0 Å². The molecule has 0 unspecified atom stereocenters. The molecule has 118 valence electrons. The van der Waals surface area contributed by atoms with Crippen molar-refractivity contribution >= 4 is 5.97 Å². The molecule has 4 rings (SSSR count). The molecular formula is C17H15NO5. The Hall–Kier alpha value is -2.76. The van der Waals surface area contributed by atoms with Gasteiger partial charge in [0.05, 0.1) is 12.0 Å². The Bertz CT molecular complexity index is 855. The third-order valence-corrected chi connectivity index (χ3v) is 4.08. The first-order chi connectivity index (χ1) is 11.1. The van der Waals surface area contributed by atoms with Crippen LogP contribution < -0.4 is 19.8 Å². The van der Waals surface area contributed by atoms with Gasteiger partial charge >= 0.3 is 5.97 Å². The molecule has 3 heterocycles. The fourth-order valence-corrected chi connectivity index (χ4v) is 3.08. The van der Waals surface area contributed by atoms with E-state index in [0.29, 0.717) is 41.7 Å². The third-order valence-electron chi connectivity index (χ3n) is 4.08. The standard InChI is InChI=1S/C17H15NO5/c1-9-6-14-16(17(20)18-9)11(8-15(19)23-14)10-2-3-12-13(7-10)22-5-4-21-12/h2-3,6-7,11H,4-5,8H2,1H3,(H,18,20)/t11-/m1/s1. The van der Waals surface area contributed by atoms with Crippen LogP contribution in [0.5, 0.6) is 17.2 Å². The van der Waals surface area contributed by atoms with E-state index < -0.39 is 0 Å². The molecule has 0 aliphatic carbocycles. The summed E-state index contributed by atoms with van der Waals surface area (Å²) in [5.74, 6) is 0.949. The monoisotopic (exact) mass is 313 g/mol. The fourth-order valence-electron chi connectivity index (χ4n) is 3.08. The van der Waals surface area contributed by atoms with Gasteiger partial charge in [0.2, 0.25) is 0 Å². The molecule has 0 fully saturated rings. The van der Waals surface area contributed by atoms with Crippen LogP contribution in [0.25, 0.3) is 0 Å². The maximum absolute atomic E-state index is 12.4. The summed E-state index contributed by atoms with van der Waals surface area (Å²) in [6.07, 6.45) is 0.124. The van der Waals surface area contributed by atoms with Crippen LogP contribution >= 0.6 is 0 Å². The first kappa shape index (κ1) is 13.9. The summed E-state index contributed by atoms with van der Waals surface area (Å²) >= 11 is 0. The lowest BCUT2D eigenvalue weighted by atomic mass is 9.87. The summed E-state index contributed by atoms with van der Waals surface area (Å²) in [6.45, 7) is 2.76. The lowest BCUT2D eigenvalue weighted by Gasteiger charge is -2.25. The highest BCUT2D eigenvalue weighted by Gasteiger charge is 2.32. The molecule has 0 radical (unpaired) electrons. The normalized spacial score (nSPS) is 19.0. The van der Waals surface area contributed by atoms with Crippen molar-refractivity contribution in [3.63, 3.8) is 0 Å². The smallest absolute Gasteiger partial charge is 0.312 e. The highest BCUT2D eigenvalue weighted by atomic mass is 16.6. The zero-order valence-electron chi connectivity index (χ0n) is 12.5. The number of aryl methyl sites for hydroxylation is 1. The Morgan fingerprint density at radius 3 is 2.65 bits per heavy atom. The third kappa shape index (κ3) is 2.36. The van der Waals surface area contributed by atoms with Gasteiger partial charge in [0.1, 0.15) is 19.0 Å². The molecule has 0 saturated carbocycles. The van der Waals surface area contributed by atoms with E-state index >= 15 is 0 Å². The van der Waals surface area contributed by atoms with E-state index in [4.69, 9.17) is 14.2 Å². The van der Waals surface area contributed by atoms with Gasteiger partial charge in [-0.3, -0.25) is 9.59 Å². The van der Waals surface area contributed by atoms with Crippen molar-refractivity contribution in [3.05, 3.63) is 51.4 Å². The second kappa shape index (κ2) is 5.15. The zero-order valence-corrected chi connectivity index (χ0v) is 12.5. The predicted octanol–water partition coefficient (Wildman–Crippen LogP) is 1.90. The van der Waals surface area contributed by atoms with Gasteiger partial charge in [0.15, 0.2) is 11.5 Å². The number of hydrogen-bond acceptors (Lipinski definition) is 5. The summed E-state index contributed by atoms with van der Waals surface area (Å²) in [7, 11) is 0. The molecule has 6 heteroatoms. The maximum Gasteiger partial charge on any atom is 0.312 e. The highest BCUT2D eigenvalue weighted by molar-refractivity contribution is 5.77. The van der Waals surface area contributed by atoms with Crippen molar-refractivity contribution in [1.82, 2.24) is 4.98 Å². The molecule has 6 nitrogen and oxygen atoms in total. The van der Waals surface area contributed by atoms with Crippen LogP contribution in [-0.4, -0.2) is 24.2 Å². The molecule has 1 aromatic heterocycles. The summed E-state index contributed by atoms with van der Waals surface area (Å²) in [5, 5.41) is 0. The molecule has 2 aromatic rings. The molecule has 0 bridgehead atoms. The van der Waals surface area contributed by atoms with Crippen LogP contribution in [0.15, 0.2) is 29.1 Å². The lowest BCUT2D eigenvalue weighted by Crippen LogP contribution is -2.28.